The van der Waals surface area contributed by atoms with Crippen LogP contribution in [0.5, 0.6) is 0 Å². The zero-order chi connectivity index (χ0) is 12.6. The van der Waals surface area contributed by atoms with Crippen LogP contribution in [0, 0.1) is 5.41 Å². The second kappa shape index (κ2) is 4.69. The molecule has 0 bridgehead atoms. The summed E-state index contributed by atoms with van der Waals surface area (Å²) < 4.78 is 3.33. The van der Waals surface area contributed by atoms with Crippen molar-refractivity contribution in [2.24, 2.45) is 12.5 Å². The number of hydrogen-bond acceptors (Lipinski definition) is 1. The van der Waals surface area contributed by atoms with Crippen molar-refractivity contribution in [2.45, 2.75) is 25.7 Å². The fourth-order valence-corrected chi connectivity index (χ4v) is 3.66. The van der Waals surface area contributed by atoms with Crippen molar-refractivity contribution < 1.29 is 0 Å². The second-order valence-electron chi connectivity index (χ2n) is 5.62. The summed E-state index contributed by atoms with van der Waals surface area (Å²) in [6.45, 7) is 6.82. The zero-order valence-electron chi connectivity index (χ0n) is 10.7. The van der Waals surface area contributed by atoms with Crippen LogP contribution < -0.4 is 0 Å². The summed E-state index contributed by atoms with van der Waals surface area (Å²) in [7, 11) is 2.08. The fraction of sp³-hybridized carbons (Fsp3) is 0.429. The normalized spacial score (nSPS) is 12.3. The molecule has 0 unspecified atom stereocenters. The molecule has 0 aliphatic heterocycles. The van der Waals surface area contributed by atoms with Crippen molar-refractivity contribution in [3.8, 4) is 0 Å². The molecule has 1 nitrogen and oxygen atoms in total. The van der Waals surface area contributed by atoms with E-state index in [-0.39, 0.29) is 0 Å². The Kier molecular flexibility index (Phi) is 3.60. The lowest BCUT2D eigenvalue weighted by molar-refractivity contribution is 0.481. The molecule has 0 atom stereocenters. The molecule has 0 saturated heterocycles. The average molecular weight is 312 g/mol. The number of aryl methyl sites for hydroxylation is 1. The topological polar surface area (TPSA) is 4.93 Å². The summed E-state index contributed by atoms with van der Waals surface area (Å²) in [6, 6.07) is 6.66. The maximum absolute atomic E-state index is 3.66. The minimum atomic E-state index is 0.364. The molecular weight excluding hydrogens is 294 g/mol. The van der Waals surface area contributed by atoms with Gasteiger partial charge in [-0.15, -0.1) is 11.8 Å². The Hall–Kier alpha value is -0.410. The molecule has 0 N–H and O–H groups in total. The van der Waals surface area contributed by atoms with Crippen LogP contribution in [-0.4, -0.2) is 10.3 Å². The first-order valence-electron chi connectivity index (χ1n) is 5.74. The minimum absolute atomic E-state index is 0.364. The summed E-state index contributed by atoms with van der Waals surface area (Å²) in [5, 5.41) is 1.30. The Balaban J connectivity index is 2.31. The molecule has 0 radical (unpaired) electrons. The van der Waals surface area contributed by atoms with E-state index >= 15 is 0 Å². The van der Waals surface area contributed by atoms with E-state index in [1.54, 1.807) is 0 Å². The molecule has 1 heterocycles. The SMILES string of the molecule is Cn1ccc2cc(SCC(C)(C)C)cc(Br)c21. The molecule has 0 saturated carbocycles. The first-order chi connectivity index (χ1) is 7.87. The number of benzene rings is 1. The Morgan fingerprint density at radius 1 is 1.29 bits per heavy atom. The summed E-state index contributed by atoms with van der Waals surface area (Å²) in [5.74, 6) is 1.14. The third-order valence-corrected chi connectivity index (χ3v) is 4.75. The van der Waals surface area contributed by atoms with Crippen molar-refractivity contribution >= 4 is 38.6 Å². The maximum atomic E-state index is 3.66. The molecule has 0 aliphatic carbocycles. The molecular formula is C14H18BrNS. The molecule has 2 aromatic rings. The van der Waals surface area contributed by atoms with Gasteiger partial charge >= 0.3 is 0 Å². The van der Waals surface area contributed by atoms with Gasteiger partial charge < -0.3 is 4.57 Å². The predicted molar refractivity (Wildman–Crippen MR) is 80.8 cm³/mol. The fourth-order valence-electron chi connectivity index (χ4n) is 1.74. The van der Waals surface area contributed by atoms with Crippen molar-refractivity contribution in [1.29, 1.82) is 0 Å². The number of halogens is 1. The highest BCUT2D eigenvalue weighted by atomic mass is 79.9. The van der Waals surface area contributed by atoms with Gasteiger partial charge in [-0.2, -0.15) is 0 Å². The highest BCUT2D eigenvalue weighted by Gasteiger charge is 2.12. The van der Waals surface area contributed by atoms with Gasteiger partial charge in [0, 0.05) is 33.8 Å². The molecule has 92 valence electrons. The lowest BCUT2D eigenvalue weighted by Gasteiger charge is -2.17. The highest BCUT2D eigenvalue weighted by molar-refractivity contribution is 9.10. The Morgan fingerprint density at radius 2 is 2.00 bits per heavy atom. The van der Waals surface area contributed by atoms with E-state index in [9.17, 15) is 0 Å². The van der Waals surface area contributed by atoms with E-state index in [4.69, 9.17) is 0 Å². The molecule has 17 heavy (non-hydrogen) atoms. The quantitative estimate of drug-likeness (QED) is 0.700. The van der Waals surface area contributed by atoms with Crippen molar-refractivity contribution in [3.63, 3.8) is 0 Å². The number of aromatic nitrogens is 1. The molecule has 0 amide bonds. The van der Waals surface area contributed by atoms with Gasteiger partial charge in [0.1, 0.15) is 0 Å². The van der Waals surface area contributed by atoms with Gasteiger partial charge in [-0.3, -0.25) is 0 Å². The smallest absolute Gasteiger partial charge is 0.0622 e. The first-order valence-corrected chi connectivity index (χ1v) is 7.52. The monoisotopic (exact) mass is 311 g/mol. The van der Waals surface area contributed by atoms with Crippen LogP contribution in [0.2, 0.25) is 0 Å². The Morgan fingerprint density at radius 3 is 2.65 bits per heavy atom. The number of fused-ring (bicyclic) bond motifs is 1. The first kappa shape index (κ1) is 13.0. The van der Waals surface area contributed by atoms with Gasteiger partial charge in [-0.05, 0) is 39.5 Å². The van der Waals surface area contributed by atoms with Crippen LogP contribution in [0.4, 0.5) is 0 Å². The molecule has 1 aromatic carbocycles. The third kappa shape index (κ3) is 3.08. The number of thioether (sulfide) groups is 1. The molecule has 0 aliphatic rings. The average Bonchev–Trinajstić information content (AvgIpc) is 2.57. The van der Waals surface area contributed by atoms with E-state index in [0.29, 0.717) is 5.41 Å². The van der Waals surface area contributed by atoms with Crippen molar-refractivity contribution in [3.05, 3.63) is 28.9 Å². The van der Waals surface area contributed by atoms with Crippen molar-refractivity contribution in [2.75, 3.05) is 5.75 Å². The van der Waals surface area contributed by atoms with Gasteiger partial charge in [-0.1, -0.05) is 20.8 Å². The van der Waals surface area contributed by atoms with E-state index in [2.05, 4.69) is 72.7 Å². The van der Waals surface area contributed by atoms with Gasteiger partial charge in [0.05, 0.1) is 5.52 Å². The Bertz CT molecular complexity index is 537. The van der Waals surface area contributed by atoms with Crippen LogP contribution in [0.15, 0.2) is 33.8 Å². The van der Waals surface area contributed by atoms with E-state index in [1.165, 1.54) is 20.3 Å². The summed E-state index contributed by atoms with van der Waals surface area (Å²) in [4.78, 5) is 1.34. The Labute approximate surface area is 116 Å². The zero-order valence-corrected chi connectivity index (χ0v) is 13.2. The highest BCUT2D eigenvalue weighted by Crippen LogP contribution is 2.33. The van der Waals surface area contributed by atoms with E-state index in [0.717, 1.165) is 5.75 Å². The van der Waals surface area contributed by atoms with Gasteiger partial charge in [-0.25, -0.2) is 0 Å². The molecule has 2 rings (SSSR count). The summed E-state index contributed by atoms with van der Waals surface area (Å²) in [6.07, 6.45) is 2.10. The largest absolute Gasteiger partial charge is 0.350 e. The number of nitrogens with zero attached hydrogens (tertiary/aromatic N) is 1. The molecule has 0 fully saturated rings. The van der Waals surface area contributed by atoms with Crippen molar-refractivity contribution in [1.82, 2.24) is 4.57 Å². The summed E-state index contributed by atoms with van der Waals surface area (Å²) >= 11 is 5.59. The molecule has 3 heteroatoms. The lowest BCUT2D eigenvalue weighted by Crippen LogP contribution is -2.07. The van der Waals surface area contributed by atoms with E-state index in [1.807, 2.05) is 11.8 Å². The van der Waals surface area contributed by atoms with Crippen LogP contribution in [-0.2, 0) is 7.05 Å². The minimum Gasteiger partial charge on any atom is -0.350 e. The predicted octanol–water partition coefficient (Wildman–Crippen LogP) is 5.08. The van der Waals surface area contributed by atoms with Crippen LogP contribution >= 0.6 is 27.7 Å². The number of rotatable bonds is 2. The van der Waals surface area contributed by atoms with Gasteiger partial charge in [0.25, 0.3) is 0 Å². The van der Waals surface area contributed by atoms with Crippen LogP contribution in [0.25, 0.3) is 10.9 Å². The maximum Gasteiger partial charge on any atom is 0.0622 e. The number of hydrogen-bond donors (Lipinski definition) is 0. The standard InChI is InChI=1S/C14H18BrNS/c1-14(2,3)9-17-11-7-10-5-6-16(4)13(10)12(15)8-11/h5-8H,9H2,1-4H3. The van der Waals surface area contributed by atoms with Crippen LogP contribution in [0.1, 0.15) is 20.8 Å². The lowest BCUT2D eigenvalue weighted by atomic mass is 10.0. The van der Waals surface area contributed by atoms with Crippen LogP contribution in [0.3, 0.4) is 0 Å². The third-order valence-electron chi connectivity index (χ3n) is 2.57. The van der Waals surface area contributed by atoms with Gasteiger partial charge in [0.2, 0.25) is 0 Å². The summed E-state index contributed by atoms with van der Waals surface area (Å²) in [5.41, 5.74) is 1.63. The van der Waals surface area contributed by atoms with E-state index < -0.39 is 0 Å². The molecule has 1 aromatic heterocycles. The second-order valence-corrected chi connectivity index (χ2v) is 7.52. The molecule has 0 spiro atoms. The van der Waals surface area contributed by atoms with Gasteiger partial charge in [0.15, 0.2) is 0 Å².